The van der Waals surface area contributed by atoms with Gasteiger partial charge in [-0.15, -0.1) is 0 Å². The summed E-state index contributed by atoms with van der Waals surface area (Å²) in [6.07, 6.45) is 0.0721. The van der Waals surface area contributed by atoms with E-state index in [-0.39, 0.29) is 18.0 Å². The molecule has 1 aromatic carbocycles. The minimum atomic E-state index is -2.44. The molecule has 0 saturated heterocycles. The molecule has 0 atom stereocenters. The molecule has 0 heterocycles. The van der Waals surface area contributed by atoms with Crippen LogP contribution < -0.4 is 0 Å². The van der Waals surface area contributed by atoms with E-state index in [1.165, 1.54) is 0 Å². The Balaban J connectivity index is 2.59. The Bertz CT molecular complexity index is 346. The molecule has 0 unspecified atom stereocenters. The van der Waals surface area contributed by atoms with Crippen molar-refractivity contribution >= 4 is 16.5 Å². The van der Waals surface area contributed by atoms with E-state index < -0.39 is 10.7 Å². The van der Waals surface area contributed by atoms with Crippen molar-refractivity contribution in [1.82, 2.24) is 0 Å². The third-order valence-corrected chi connectivity index (χ3v) is 2.21. The standard InChI is InChI=1S/C9H10O3S/c10-9(6-7-13(11)12)8-4-2-1-3-5-8/h1-5,13H,6-7H2. The molecule has 1 rings (SSSR count). The van der Waals surface area contributed by atoms with Gasteiger partial charge in [0.25, 0.3) is 0 Å². The first kappa shape index (κ1) is 9.92. The number of carbonyl (C=O) groups is 1. The number of Topliss-reactive ketones (excluding diaryl/α,β-unsaturated/α-hetero) is 1. The van der Waals surface area contributed by atoms with E-state index in [1.54, 1.807) is 24.3 Å². The highest BCUT2D eigenvalue weighted by atomic mass is 32.2. The van der Waals surface area contributed by atoms with E-state index in [0.717, 1.165) is 0 Å². The predicted molar refractivity (Wildman–Crippen MR) is 50.6 cm³/mol. The second-order valence-electron chi connectivity index (χ2n) is 2.60. The van der Waals surface area contributed by atoms with Crippen molar-refractivity contribution in [3.8, 4) is 0 Å². The van der Waals surface area contributed by atoms with Crippen LogP contribution in [0.15, 0.2) is 30.3 Å². The molecular weight excluding hydrogens is 188 g/mol. The molecular formula is C9H10O3S. The van der Waals surface area contributed by atoms with Gasteiger partial charge in [-0.1, -0.05) is 30.3 Å². The maximum atomic E-state index is 11.3. The Hall–Kier alpha value is -1.16. The lowest BCUT2D eigenvalue weighted by Gasteiger charge is -1.96. The minimum absolute atomic E-state index is 0.0664. The largest absolute Gasteiger partial charge is 0.294 e. The summed E-state index contributed by atoms with van der Waals surface area (Å²) in [5.41, 5.74) is 0.569. The monoisotopic (exact) mass is 198 g/mol. The topological polar surface area (TPSA) is 51.2 Å². The molecule has 70 valence electrons. The van der Waals surface area contributed by atoms with Gasteiger partial charge in [-0.25, -0.2) is 8.42 Å². The Labute approximate surface area is 78.3 Å². The second-order valence-corrected chi connectivity index (χ2v) is 3.71. The fraction of sp³-hybridized carbons (Fsp3) is 0.222. The normalized spacial score (nSPS) is 10.2. The van der Waals surface area contributed by atoms with Crippen LogP contribution in [-0.2, 0) is 10.7 Å². The number of benzene rings is 1. The van der Waals surface area contributed by atoms with Crippen LogP contribution in [0.3, 0.4) is 0 Å². The summed E-state index contributed by atoms with van der Waals surface area (Å²) in [7, 11) is -2.44. The Morgan fingerprint density at radius 3 is 2.31 bits per heavy atom. The van der Waals surface area contributed by atoms with Crippen molar-refractivity contribution in [2.45, 2.75) is 6.42 Å². The van der Waals surface area contributed by atoms with Crippen LogP contribution in [0.5, 0.6) is 0 Å². The van der Waals surface area contributed by atoms with E-state index in [9.17, 15) is 13.2 Å². The first-order valence-corrected chi connectivity index (χ1v) is 5.26. The maximum absolute atomic E-state index is 11.3. The zero-order valence-corrected chi connectivity index (χ0v) is 7.87. The number of ketones is 1. The van der Waals surface area contributed by atoms with E-state index in [1.807, 2.05) is 6.07 Å². The van der Waals surface area contributed by atoms with Crippen LogP contribution >= 0.6 is 0 Å². The van der Waals surface area contributed by atoms with E-state index in [0.29, 0.717) is 5.56 Å². The average molecular weight is 198 g/mol. The highest BCUT2D eigenvalue weighted by Crippen LogP contribution is 2.02. The van der Waals surface area contributed by atoms with Gasteiger partial charge in [0.15, 0.2) is 5.78 Å². The number of hydrogen-bond acceptors (Lipinski definition) is 3. The molecule has 1 aromatic rings. The van der Waals surface area contributed by atoms with Gasteiger partial charge in [0, 0.05) is 12.0 Å². The third kappa shape index (κ3) is 3.38. The molecule has 0 aliphatic carbocycles. The highest BCUT2D eigenvalue weighted by Gasteiger charge is 2.04. The fourth-order valence-corrected chi connectivity index (χ4v) is 1.35. The van der Waals surface area contributed by atoms with Gasteiger partial charge in [-0.2, -0.15) is 0 Å². The van der Waals surface area contributed by atoms with Gasteiger partial charge in [-0.3, -0.25) is 4.79 Å². The Morgan fingerprint density at radius 2 is 1.77 bits per heavy atom. The summed E-state index contributed by atoms with van der Waals surface area (Å²) >= 11 is 0. The molecule has 3 nitrogen and oxygen atoms in total. The summed E-state index contributed by atoms with van der Waals surface area (Å²) in [5, 5.41) is 0. The van der Waals surface area contributed by atoms with Gasteiger partial charge in [0.2, 0.25) is 0 Å². The van der Waals surface area contributed by atoms with Crippen LogP contribution in [0, 0.1) is 0 Å². The average Bonchev–Trinajstić information content (AvgIpc) is 2.15. The lowest BCUT2D eigenvalue weighted by atomic mass is 10.1. The summed E-state index contributed by atoms with van der Waals surface area (Å²) in [6, 6.07) is 8.68. The van der Waals surface area contributed by atoms with Crippen molar-refractivity contribution < 1.29 is 13.2 Å². The zero-order chi connectivity index (χ0) is 9.68. The van der Waals surface area contributed by atoms with Crippen LogP contribution in [0.25, 0.3) is 0 Å². The zero-order valence-electron chi connectivity index (χ0n) is 6.97. The quantitative estimate of drug-likeness (QED) is 0.577. The highest BCUT2D eigenvalue weighted by molar-refractivity contribution is 7.72. The second kappa shape index (κ2) is 4.77. The molecule has 0 radical (unpaired) electrons. The summed E-state index contributed by atoms with van der Waals surface area (Å²) in [5.74, 6) is -0.192. The van der Waals surface area contributed by atoms with Gasteiger partial charge in [0.1, 0.15) is 10.7 Å². The molecule has 0 N–H and O–H groups in total. The summed E-state index contributed by atoms with van der Waals surface area (Å²) < 4.78 is 20.4. The molecule has 4 heteroatoms. The molecule has 0 fully saturated rings. The first-order chi connectivity index (χ1) is 6.20. The lowest BCUT2D eigenvalue weighted by molar-refractivity contribution is 0.0989. The first-order valence-electron chi connectivity index (χ1n) is 3.90. The molecule has 0 spiro atoms. The number of thiol groups is 1. The third-order valence-electron chi connectivity index (χ3n) is 1.62. The summed E-state index contributed by atoms with van der Waals surface area (Å²) in [4.78, 5) is 11.3. The number of hydrogen-bond donors (Lipinski definition) is 1. The van der Waals surface area contributed by atoms with E-state index in [2.05, 4.69) is 0 Å². The van der Waals surface area contributed by atoms with Crippen LogP contribution in [0.1, 0.15) is 16.8 Å². The molecule has 0 amide bonds. The smallest absolute Gasteiger partial charge is 0.163 e. The molecule has 0 aliphatic rings. The van der Waals surface area contributed by atoms with Crippen molar-refractivity contribution in [1.29, 1.82) is 0 Å². The molecule has 0 aromatic heterocycles. The van der Waals surface area contributed by atoms with Crippen molar-refractivity contribution in [2.75, 3.05) is 5.75 Å². The van der Waals surface area contributed by atoms with Crippen molar-refractivity contribution in [3.63, 3.8) is 0 Å². The van der Waals surface area contributed by atoms with Gasteiger partial charge in [0.05, 0.1) is 5.75 Å². The minimum Gasteiger partial charge on any atom is -0.294 e. The number of rotatable bonds is 4. The predicted octanol–water partition coefficient (Wildman–Crippen LogP) is 0.871. The Kier molecular flexibility index (Phi) is 3.64. The van der Waals surface area contributed by atoms with E-state index in [4.69, 9.17) is 0 Å². The van der Waals surface area contributed by atoms with Gasteiger partial charge < -0.3 is 0 Å². The molecule has 0 bridgehead atoms. The van der Waals surface area contributed by atoms with Crippen LogP contribution in [-0.4, -0.2) is 20.0 Å². The number of carbonyl (C=O) groups excluding carboxylic acids is 1. The maximum Gasteiger partial charge on any atom is 0.163 e. The molecule has 0 aliphatic heterocycles. The molecule has 13 heavy (non-hydrogen) atoms. The van der Waals surface area contributed by atoms with Crippen LogP contribution in [0.4, 0.5) is 0 Å². The van der Waals surface area contributed by atoms with E-state index >= 15 is 0 Å². The SMILES string of the molecule is O=C(CC[SH](=O)=O)c1ccccc1. The summed E-state index contributed by atoms with van der Waals surface area (Å²) in [6.45, 7) is 0. The van der Waals surface area contributed by atoms with Crippen LogP contribution in [0.2, 0.25) is 0 Å². The van der Waals surface area contributed by atoms with Crippen molar-refractivity contribution in [2.24, 2.45) is 0 Å². The Morgan fingerprint density at radius 1 is 1.15 bits per heavy atom. The lowest BCUT2D eigenvalue weighted by Crippen LogP contribution is -2.02. The van der Waals surface area contributed by atoms with Crippen molar-refractivity contribution in [3.05, 3.63) is 35.9 Å². The molecule has 0 saturated carbocycles. The van der Waals surface area contributed by atoms with Gasteiger partial charge in [-0.05, 0) is 0 Å². The van der Waals surface area contributed by atoms with Gasteiger partial charge >= 0.3 is 0 Å². The fourth-order valence-electron chi connectivity index (χ4n) is 0.961.